The van der Waals surface area contributed by atoms with Crippen LogP contribution in [-0.2, 0) is 14.3 Å². The van der Waals surface area contributed by atoms with Crippen molar-refractivity contribution in [1.82, 2.24) is 4.90 Å². The number of Topliss-reactive ketones (excluding diaryl/α,β-unsaturated/α-hetero) is 1. The molecule has 0 N–H and O–H groups in total. The van der Waals surface area contributed by atoms with E-state index >= 15 is 0 Å². The molecule has 0 aromatic rings. The molecule has 1 unspecified atom stereocenters. The molecule has 0 aromatic heterocycles. The molecule has 0 spiro atoms. The molecule has 0 radical (unpaired) electrons. The highest BCUT2D eigenvalue weighted by atomic mass is 16.5. The monoisotopic (exact) mass is 243 g/mol. The van der Waals surface area contributed by atoms with Gasteiger partial charge in [0.05, 0.1) is 12.7 Å². The number of rotatable bonds is 9. The lowest BCUT2D eigenvalue weighted by Crippen LogP contribution is -2.30. The van der Waals surface area contributed by atoms with E-state index in [-0.39, 0.29) is 17.8 Å². The van der Waals surface area contributed by atoms with Gasteiger partial charge >= 0.3 is 0 Å². The molecule has 0 aromatic carbocycles. The van der Waals surface area contributed by atoms with Crippen molar-refractivity contribution < 1.29 is 14.3 Å². The Bertz CT molecular complexity index is 241. The third-order valence-electron chi connectivity index (χ3n) is 2.75. The molecule has 0 heterocycles. The predicted molar refractivity (Wildman–Crippen MR) is 67.9 cm³/mol. The Morgan fingerprint density at radius 1 is 1.29 bits per heavy atom. The first-order valence-electron chi connectivity index (χ1n) is 6.32. The zero-order valence-corrected chi connectivity index (χ0v) is 11.5. The van der Waals surface area contributed by atoms with E-state index in [4.69, 9.17) is 4.74 Å². The summed E-state index contributed by atoms with van der Waals surface area (Å²) in [6.07, 6.45) is 2.81. The number of carbonyl (C=O) groups is 2. The minimum Gasteiger partial charge on any atom is -0.377 e. The first kappa shape index (κ1) is 16.1. The van der Waals surface area contributed by atoms with E-state index < -0.39 is 0 Å². The molecule has 100 valence electrons. The average molecular weight is 243 g/mol. The second-order valence-corrected chi connectivity index (χ2v) is 4.46. The Morgan fingerprint density at radius 3 is 2.47 bits per heavy atom. The summed E-state index contributed by atoms with van der Waals surface area (Å²) in [5.74, 6) is 0.222. The van der Waals surface area contributed by atoms with E-state index in [1.165, 1.54) is 0 Å². The van der Waals surface area contributed by atoms with Crippen molar-refractivity contribution in [3.8, 4) is 0 Å². The molecule has 0 saturated carbocycles. The van der Waals surface area contributed by atoms with Gasteiger partial charge in [-0.15, -0.1) is 0 Å². The maximum Gasteiger partial charge on any atom is 0.222 e. The van der Waals surface area contributed by atoms with Crippen molar-refractivity contribution in [3.05, 3.63) is 0 Å². The van der Waals surface area contributed by atoms with Crippen LogP contribution in [0.25, 0.3) is 0 Å². The van der Waals surface area contributed by atoms with Crippen LogP contribution in [0.5, 0.6) is 0 Å². The summed E-state index contributed by atoms with van der Waals surface area (Å²) in [4.78, 5) is 24.0. The third-order valence-corrected chi connectivity index (χ3v) is 2.75. The van der Waals surface area contributed by atoms with E-state index in [9.17, 15) is 9.59 Å². The van der Waals surface area contributed by atoms with Crippen LogP contribution < -0.4 is 0 Å². The Balaban J connectivity index is 3.63. The molecule has 0 rings (SSSR count). The highest BCUT2D eigenvalue weighted by molar-refractivity contribution is 5.78. The number of likely N-dealkylation sites (N-methyl/N-ethyl adjacent to an activating group) is 1. The SMILES string of the molecule is CCC(C)OCCN(C)C(=O)CCCC(C)=O. The minimum absolute atomic E-state index is 0.0824. The fourth-order valence-corrected chi connectivity index (χ4v) is 1.31. The van der Waals surface area contributed by atoms with Crippen LogP contribution in [-0.4, -0.2) is 42.9 Å². The lowest BCUT2D eigenvalue weighted by atomic mass is 10.2. The van der Waals surface area contributed by atoms with Gasteiger partial charge in [0.1, 0.15) is 5.78 Å². The number of hydrogen-bond donors (Lipinski definition) is 0. The van der Waals surface area contributed by atoms with Gasteiger partial charge in [0.25, 0.3) is 0 Å². The Morgan fingerprint density at radius 2 is 1.94 bits per heavy atom. The standard InChI is InChI=1S/C13H25NO3/c1-5-12(3)17-10-9-14(4)13(16)8-6-7-11(2)15/h12H,5-10H2,1-4H3. The topological polar surface area (TPSA) is 46.6 Å². The fraction of sp³-hybridized carbons (Fsp3) is 0.846. The maximum atomic E-state index is 11.6. The van der Waals surface area contributed by atoms with Crippen LogP contribution in [0.4, 0.5) is 0 Å². The second kappa shape index (κ2) is 9.16. The molecule has 17 heavy (non-hydrogen) atoms. The smallest absolute Gasteiger partial charge is 0.222 e. The summed E-state index contributed by atoms with van der Waals surface area (Å²) < 4.78 is 5.51. The molecular formula is C13H25NO3. The van der Waals surface area contributed by atoms with Crippen LogP contribution in [0.15, 0.2) is 0 Å². The van der Waals surface area contributed by atoms with E-state index in [1.807, 2.05) is 6.92 Å². The number of carbonyl (C=O) groups excluding carboxylic acids is 2. The quantitative estimate of drug-likeness (QED) is 0.622. The molecule has 0 aliphatic heterocycles. The number of ketones is 1. The summed E-state index contributed by atoms with van der Waals surface area (Å²) in [6.45, 7) is 6.83. The summed E-state index contributed by atoms with van der Waals surface area (Å²) in [5, 5.41) is 0. The van der Waals surface area contributed by atoms with Crippen LogP contribution in [0.1, 0.15) is 46.5 Å². The minimum atomic E-state index is 0.0824. The molecule has 0 bridgehead atoms. The number of nitrogens with zero attached hydrogens (tertiary/aromatic N) is 1. The summed E-state index contributed by atoms with van der Waals surface area (Å²) >= 11 is 0. The summed E-state index contributed by atoms with van der Waals surface area (Å²) in [5.41, 5.74) is 0. The summed E-state index contributed by atoms with van der Waals surface area (Å²) in [7, 11) is 1.77. The van der Waals surface area contributed by atoms with E-state index in [0.717, 1.165) is 6.42 Å². The molecule has 0 aliphatic rings. The van der Waals surface area contributed by atoms with Gasteiger partial charge in [0.15, 0.2) is 0 Å². The van der Waals surface area contributed by atoms with Gasteiger partial charge in [-0.1, -0.05) is 6.92 Å². The third kappa shape index (κ3) is 8.86. The lowest BCUT2D eigenvalue weighted by molar-refractivity contribution is -0.131. The number of amides is 1. The fourth-order valence-electron chi connectivity index (χ4n) is 1.31. The first-order chi connectivity index (χ1) is 7.97. The van der Waals surface area contributed by atoms with Crippen LogP contribution in [0.2, 0.25) is 0 Å². The van der Waals surface area contributed by atoms with Crippen molar-refractivity contribution in [2.75, 3.05) is 20.2 Å². The molecule has 1 amide bonds. The van der Waals surface area contributed by atoms with Crippen molar-refractivity contribution in [3.63, 3.8) is 0 Å². The van der Waals surface area contributed by atoms with E-state index in [1.54, 1.807) is 18.9 Å². The second-order valence-electron chi connectivity index (χ2n) is 4.46. The molecular weight excluding hydrogens is 218 g/mol. The van der Waals surface area contributed by atoms with E-state index in [2.05, 4.69) is 6.92 Å². The number of ether oxygens (including phenoxy) is 1. The van der Waals surface area contributed by atoms with Crippen molar-refractivity contribution in [1.29, 1.82) is 0 Å². The van der Waals surface area contributed by atoms with Gasteiger partial charge in [0, 0.05) is 26.4 Å². The van der Waals surface area contributed by atoms with Gasteiger partial charge in [-0.2, -0.15) is 0 Å². The van der Waals surface area contributed by atoms with Gasteiger partial charge in [0.2, 0.25) is 5.91 Å². The van der Waals surface area contributed by atoms with Crippen LogP contribution in [0.3, 0.4) is 0 Å². The summed E-state index contributed by atoms with van der Waals surface area (Å²) in [6, 6.07) is 0. The zero-order valence-electron chi connectivity index (χ0n) is 11.5. The Labute approximate surface area is 104 Å². The molecule has 0 aliphatic carbocycles. The van der Waals surface area contributed by atoms with Gasteiger partial charge < -0.3 is 14.4 Å². The normalized spacial score (nSPS) is 12.2. The van der Waals surface area contributed by atoms with Crippen LogP contribution >= 0.6 is 0 Å². The van der Waals surface area contributed by atoms with E-state index in [0.29, 0.717) is 32.4 Å². The lowest BCUT2D eigenvalue weighted by Gasteiger charge is -2.18. The zero-order chi connectivity index (χ0) is 13.3. The van der Waals surface area contributed by atoms with Crippen molar-refractivity contribution in [2.24, 2.45) is 0 Å². The molecule has 4 nitrogen and oxygen atoms in total. The highest BCUT2D eigenvalue weighted by Crippen LogP contribution is 2.01. The largest absolute Gasteiger partial charge is 0.377 e. The molecule has 0 saturated heterocycles. The average Bonchev–Trinajstić information content (AvgIpc) is 2.27. The Hall–Kier alpha value is -0.900. The predicted octanol–water partition coefficient (Wildman–Crippen LogP) is 2.02. The van der Waals surface area contributed by atoms with Gasteiger partial charge in [-0.25, -0.2) is 0 Å². The maximum absolute atomic E-state index is 11.6. The van der Waals surface area contributed by atoms with Crippen LogP contribution in [0, 0.1) is 0 Å². The molecule has 1 atom stereocenters. The van der Waals surface area contributed by atoms with Crippen molar-refractivity contribution >= 4 is 11.7 Å². The van der Waals surface area contributed by atoms with Crippen molar-refractivity contribution in [2.45, 2.75) is 52.6 Å². The molecule has 0 fully saturated rings. The first-order valence-corrected chi connectivity index (χ1v) is 6.32. The van der Waals surface area contributed by atoms with Gasteiger partial charge in [-0.05, 0) is 26.7 Å². The highest BCUT2D eigenvalue weighted by Gasteiger charge is 2.09. The number of hydrogen-bond acceptors (Lipinski definition) is 3. The van der Waals surface area contributed by atoms with Gasteiger partial charge in [-0.3, -0.25) is 4.79 Å². The molecule has 4 heteroatoms. The Kier molecular flexibility index (Phi) is 8.68.